The van der Waals surface area contributed by atoms with E-state index >= 15 is 0 Å². The molecule has 0 saturated heterocycles. The zero-order valence-corrected chi connectivity index (χ0v) is 13.4. The van der Waals surface area contributed by atoms with E-state index in [0.29, 0.717) is 19.0 Å². The van der Waals surface area contributed by atoms with Gasteiger partial charge in [0.15, 0.2) is 0 Å². The molecule has 2 rings (SSSR count). The van der Waals surface area contributed by atoms with Crippen LogP contribution in [0.5, 0.6) is 0 Å². The molecule has 6 nitrogen and oxygen atoms in total. The summed E-state index contributed by atoms with van der Waals surface area (Å²) in [7, 11) is 1.61. The van der Waals surface area contributed by atoms with E-state index in [4.69, 9.17) is 4.74 Å². The van der Waals surface area contributed by atoms with E-state index in [1.54, 1.807) is 7.11 Å². The fourth-order valence-corrected chi connectivity index (χ4v) is 1.94. The lowest BCUT2D eigenvalue weighted by molar-refractivity contribution is -0.137. The lowest BCUT2D eigenvalue weighted by Gasteiger charge is -2.10. The third-order valence-electron chi connectivity index (χ3n) is 3.16. The minimum atomic E-state index is -4.48. The smallest absolute Gasteiger partial charge is 0.385 e. The number of rotatable bonds is 7. The molecule has 0 spiro atoms. The second kappa shape index (κ2) is 8.43. The molecule has 25 heavy (non-hydrogen) atoms. The van der Waals surface area contributed by atoms with Crippen molar-refractivity contribution in [2.24, 2.45) is 0 Å². The van der Waals surface area contributed by atoms with Gasteiger partial charge >= 0.3 is 6.18 Å². The molecule has 1 heterocycles. The molecule has 2 N–H and O–H groups in total. The standard InChI is InChI=1S/C16H17F3N4O2/c1-25-7-3-6-20-14-10-21-13(9-22-14)15(24)23-12-5-2-4-11(8-12)16(17,18)19/h2,4-5,8-10H,3,6-7H2,1H3,(H,20,22)(H,23,24). The Bertz CT molecular complexity index is 705. The predicted molar refractivity (Wildman–Crippen MR) is 86.4 cm³/mol. The van der Waals surface area contributed by atoms with E-state index in [0.717, 1.165) is 18.6 Å². The maximum Gasteiger partial charge on any atom is 0.416 e. The first kappa shape index (κ1) is 18.7. The van der Waals surface area contributed by atoms with Gasteiger partial charge in [0.05, 0.1) is 18.0 Å². The molecule has 0 aliphatic carbocycles. The number of amides is 1. The third kappa shape index (κ3) is 5.71. The summed E-state index contributed by atoms with van der Waals surface area (Å²) in [6, 6.07) is 4.38. The Labute approximate surface area is 142 Å². The van der Waals surface area contributed by atoms with E-state index in [1.807, 2.05) is 0 Å². The second-order valence-electron chi connectivity index (χ2n) is 5.09. The van der Waals surface area contributed by atoms with Gasteiger partial charge in [-0.2, -0.15) is 13.2 Å². The zero-order valence-electron chi connectivity index (χ0n) is 13.4. The molecular formula is C16H17F3N4O2. The Kier molecular flexibility index (Phi) is 6.29. The van der Waals surface area contributed by atoms with Crippen LogP contribution >= 0.6 is 0 Å². The lowest BCUT2D eigenvalue weighted by atomic mass is 10.2. The van der Waals surface area contributed by atoms with Crippen LogP contribution in [0, 0.1) is 0 Å². The number of nitrogens with zero attached hydrogens (tertiary/aromatic N) is 2. The minimum Gasteiger partial charge on any atom is -0.385 e. The first-order valence-electron chi connectivity index (χ1n) is 7.43. The Morgan fingerprint density at radius 2 is 2.04 bits per heavy atom. The van der Waals surface area contributed by atoms with E-state index < -0.39 is 17.6 Å². The highest BCUT2D eigenvalue weighted by Gasteiger charge is 2.30. The minimum absolute atomic E-state index is 0.000136. The number of nitrogens with one attached hydrogen (secondary N) is 2. The Balaban J connectivity index is 1.97. The van der Waals surface area contributed by atoms with Crippen molar-refractivity contribution in [2.75, 3.05) is 30.9 Å². The van der Waals surface area contributed by atoms with Crippen molar-refractivity contribution in [3.8, 4) is 0 Å². The maximum absolute atomic E-state index is 12.7. The molecule has 134 valence electrons. The Morgan fingerprint density at radius 3 is 2.68 bits per heavy atom. The molecule has 1 aromatic heterocycles. The normalized spacial score (nSPS) is 11.2. The number of halogens is 3. The molecule has 0 unspecified atom stereocenters. The van der Waals surface area contributed by atoms with Gasteiger partial charge in [0.2, 0.25) is 0 Å². The molecule has 0 atom stereocenters. The highest BCUT2D eigenvalue weighted by Crippen LogP contribution is 2.30. The molecule has 9 heteroatoms. The topological polar surface area (TPSA) is 76.1 Å². The molecule has 0 aliphatic heterocycles. The van der Waals surface area contributed by atoms with Gasteiger partial charge in [0.25, 0.3) is 5.91 Å². The number of hydrogen-bond donors (Lipinski definition) is 2. The zero-order chi connectivity index (χ0) is 18.3. The molecular weight excluding hydrogens is 337 g/mol. The number of anilines is 2. The predicted octanol–water partition coefficient (Wildman–Crippen LogP) is 3.20. The Morgan fingerprint density at radius 1 is 1.24 bits per heavy atom. The SMILES string of the molecule is COCCCNc1cnc(C(=O)Nc2cccc(C(F)(F)F)c2)cn1. The first-order chi connectivity index (χ1) is 11.9. The van der Waals surface area contributed by atoms with Crippen molar-refractivity contribution in [1.29, 1.82) is 0 Å². The van der Waals surface area contributed by atoms with Crippen LogP contribution in [0.15, 0.2) is 36.7 Å². The average Bonchev–Trinajstić information content (AvgIpc) is 2.59. The summed E-state index contributed by atoms with van der Waals surface area (Å²) in [5, 5.41) is 5.38. The fourth-order valence-electron chi connectivity index (χ4n) is 1.94. The summed E-state index contributed by atoms with van der Waals surface area (Å²) in [5.74, 6) is -0.149. The van der Waals surface area contributed by atoms with Crippen molar-refractivity contribution in [3.05, 3.63) is 47.9 Å². The molecule has 0 bridgehead atoms. The van der Waals surface area contributed by atoms with Gasteiger partial charge in [-0.1, -0.05) is 6.07 Å². The van der Waals surface area contributed by atoms with Gasteiger partial charge in [-0.25, -0.2) is 9.97 Å². The number of ether oxygens (including phenoxy) is 1. The van der Waals surface area contributed by atoms with E-state index in [1.165, 1.54) is 24.5 Å². The van der Waals surface area contributed by atoms with E-state index in [-0.39, 0.29) is 11.4 Å². The van der Waals surface area contributed by atoms with Crippen molar-refractivity contribution in [2.45, 2.75) is 12.6 Å². The summed E-state index contributed by atoms with van der Waals surface area (Å²) >= 11 is 0. The van der Waals surface area contributed by atoms with Crippen LogP contribution in [0.25, 0.3) is 0 Å². The molecule has 0 aliphatic rings. The highest BCUT2D eigenvalue weighted by molar-refractivity contribution is 6.02. The largest absolute Gasteiger partial charge is 0.416 e. The number of carbonyl (C=O) groups excluding carboxylic acids is 1. The summed E-state index contributed by atoms with van der Waals surface area (Å²) in [6.45, 7) is 1.25. The summed E-state index contributed by atoms with van der Waals surface area (Å²) < 4.78 is 42.9. The number of alkyl halides is 3. The number of hydrogen-bond acceptors (Lipinski definition) is 5. The number of methoxy groups -OCH3 is 1. The summed E-state index contributed by atoms with van der Waals surface area (Å²) in [5.41, 5.74) is -0.810. The summed E-state index contributed by atoms with van der Waals surface area (Å²) in [6.07, 6.45) is -1.05. The van der Waals surface area contributed by atoms with Crippen molar-refractivity contribution in [1.82, 2.24) is 9.97 Å². The second-order valence-corrected chi connectivity index (χ2v) is 5.09. The van der Waals surface area contributed by atoms with Crippen LogP contribution in [-0.2, 0) is 10.9 Å². The lowest BCUT2D eigenvalue weighted by Crippen LogP contribution is -2.15. The van der Waals surface area contributed by atoms with E-state index in [9.17, 15) is 18.0 Å². The van der Waals surface area contributed by atoms with Crippen molar-refractivity contribution < 1.29 is 22.7 Å². The number of benzene rings is 1. The number of aromatic nitrogens is 2. The van der Waals surface area contributed by atoms with Crippen LogP contribution in [0.2, 0.25) is 0 Å². The quantitative estimate of drug-likeness (QED) is 0.747. The van der Waals surface area contributed by atoms with Crippen LogP contribution in [0.1, 0.15) is 22.5 Å². The molecule has 0 radical (unpaired) electrons. The highest BCUT2D eigenvalue weighted by atomic mass is 19.4. The van der Waals surface area contributed by atoms with Gasteiger partial charge in [-0.15, -0.1) is 0 Å². The van der Waals surface area contributed by atoms with Crippen molar-refractivity contribution in [3.63, 3.8) is 0 Å². The van der Waals surface area contributed by atoms with Crippen LogP contribution in [-0.4, -0.2) is 36.1 Å². The number of carbonyl (C=O) groups is 1. The average molecular weight is 354 g/mol. The maximum atomic E-state index is 12.7. The Hall–Kier alpha value is -2.68. The molecule has 0 saturated carbocycles. The van der Waals surface area contributed by atoms with Crippen LogP contribution in [0.4, 0.5) is 24.7 Å². The van der Waals surface area contributed by atoms with Gasteiger partial charge in [-0.05, 0) is 24.6 Å². The van der Waals surface area contributed by atoms with Gasteiger partial charge in [0.1, 0.15) is 11.5 Å². The molecule has 1 amide bonds. The molecule has 2 aromatic rings. The summed E-state index contributed by atoms with van der Waals surface area (Å²) in [4.78, 5) is 20.0. The molecule has 1 aromatic carbocycles. The van der Waals surface area contributed by atoms with Crippen LogP contribution in [0.3, 0.4) is 0 Å². The third-order valence-corrected chi connectivity index (χ3v) is 3.16. The van der Waals surface area contributed by atoms with Gasteiger partial charge < -0.3 is 15.4 Å². The van der Waals surface area contributed by atoms with Gasteiger partial charge in [0, 0.05) is 25.9 Å². The fraction of sp³-hybridized carbons (Fsp3) is 0.312. The van der Waals surface area contributed by atoms with Gasteiger partial charge in [-0.3, -0.25) is 4.79 Å². The first-order valence-corrected chi connectivity index (χ1v) is 7.43. The van der Waals surface area contributed by atoms with Crippen molar-refractivity contribution >= 4 is 17.4 Å². The monoisotopic (exact) mass is 354 g/mol. The molecule has 0 fully saturated rings. The van der Waals surface area contributed by atoms with E-state index in [2.05, 4.69) is 20.6 Å². The van der Waals surface area contributed by atoms with Crippen LogP contribution < -0.4 is 10.6 Å².